The fourth-order valence-electron chi connectivity index (χ4n) is 2.38. The van der Waals surface area contributed by atoms with Crippen molar-refractivity contribution < 1.29 is 9.18 Å². The van der Waals surface area contributed by atoms with Gasteiger partial charge in [0.15, 0.2) is 11.6 Å². The van der Waals surface area contributed by atoms with Crippen molar-refractivity contribution in [2.45, 2.75) is 6.42 Å². The number of halogens is 1. The Bertz CT molecular complexity index is 873. The number of nitrogens with two attached hydrogens (primary N) is 1. The van der Waals surface area contributed by atoms with Crippen LogP contribution in [0.5, 0.6) is 0 Å². The Balaban J connectivity index is 2.03. The average molecular weight is 325 g/mol. The predicted octanol–water partition coefficient (Wildman–Crippen LogP) is 1.75. The van der Waals surface area contributed by atoms with Gasteiger partial charge in [0, 0.05) is 36.8 Å². The smallest absolute Gasteiger partial charge is 0.197 e. The summed E-state index contributed by atoms with van der Waals surface area (Å²) in [5.41, 5.74) is 7.47. The van der Waals surface area contributed by atoms with Gasteiger partial charge in [0.25, 0.3) is 0 Å². The number of ketones is 1. The second-order valence-electron chi connectivity index (χ2n) is 5.38. The summed E-state index contributed by atoms with van der Waals surface area (Å²) in [4.78, 5) is 21.2. The fraction of sp³-hybridized carbons (Fsp3) is 0.176. The summed E-state index contributed by atoms with van der Waals surface area (Å²) in [6.07, 6.45) is 7.03. The minimum absolute atomic E-state index is 0.203. The molecule has 0 bridgehead atoms. The molecule has 0 aliphatic heterocycles. The topological polar surface area (TPSA) is 86.7 Å². The van der Waals surface area contributed by atoms with Gasteiger partial charge in [0.05, 0.1) is 11.8 Å². The number of aryl methyl sites for hydroxylation is 1. The van der Waals surface area contributed by atoms with Gasteiger partial charge in [-0.2, -0.15) is 5.10 Å². The van der Waals surface area contributed by atoms with E-state index in [9.17, 15) is 9.18 Å². The van der Waals surface area contributed by atoms with Gasteiger partial charge in [-0.05, 0) is 36.7 Å². The molecule has 3 rings (SSSR count). The third-order valence-electron chi connectivity index (χ3n) is 3.57. The van der Waals surface area contributed by atoms with Crippen molar-refractivity contribution in [3.05, 3.63) is 65.5 Å². The molecule has 1 aromatic carbocycles. The standard InChI is InChI=1S/C17H16FN5O/c1-23-10-12(9-22-23)16(24)15-6-13(18)2-3-14(15)17-20-7-11(4-5-19)8-21-17/h2-3,6-10H,4-5,19H2,1H3. The number of nitrogens with zero attached hydrogens (tertiary/aromatic N) is 4. The predicted molar refractivity (Wildman–Crippen MR) is 86.8 cm³/mol. The Morgan fingerprint density at radius 2 is 2.00 bits per heavy atom. The zero-order valence-electron chi connectivity index (χ0n) is 13.1. The van der Waals surface area contributed by atoms with Crippen molar-refractivity contribution in [3.63, 3.8) is 0 Å². The summed E-state index contributed by atoms with van der Waals surface area (Å²) in [6.45, 7) is 0.504. The van der Waals surface area contributed by atoms with Crippen LogP contribution in [-0.4, -0.2) is 32.1 Å². The van der Waals surface area contributed by atoms with Crippen LogP contribution in [0, 0.1) is 5.82 Å². The maximum Gasteiger partial charge on any atom is 0.197 e. The molecule has 0 fully saturated rings. The van der Waals surface area contributed by atoms with Crippen LogP contribution in [0.15, 0.2) is 43.0 Å². The van der Waals surface area contributed by atoms with Gasteiger partial charge in [0.1, 0.15) is 5.82 Å². The lowest BCUT2D eigenvalue weighted by Gasteiger charge is -2.08. The van der Waals surface area contributed by atoms with E-state index in [1.165, 1.54) is 29.1 Å². The van der Waals surface area contributed by atoms with Crippen LogP contribution in [0.1, 0.15) is 21.5 Å². The lowest BCUT2D eigenvalue weighted by molar-refractivity contribution is 0.103. The molecular weight excluding hydrogens is 309 g/mol. The zero-order chi connectivity index (χ0) is 17.1. The molecule has 0 aliphatic carbocycles. The Kier molecular flexibility index (Phi) is 4.43. The van der Waals surface area contributed by atoms with Gasteiger partial charge in [-0.15, -0.1) is 0 Å². The third kappa shape index (κ3) is 3.21. The Labute approximate surface area is 138 Å². The molecule has 2 heterocycles. The molecule has 122 valence electrons. The van der Waals surface area contributed by atoms with Gasteiger partial charge in [-0.3, -0.25) is 9.48 Å². The van der Waals surface area contributed by atoms with Crippen molar-refractivity contribution in [2.75, 3.05) is 6.54 Å². The van der Waals surface area contributed by atoms with Crippen LogP contribution in [0.3, 0.4) is 0 Å². The third-order valence-corrected chi connectivity index (χ3v) is 3.57. The first-order valence-electron chi connectivity index (χ1n) is 7.42. The van der Waals surface area contributed by atoms with Gasteiger partial charge in [0.2, 0.25) is 0 Å². The first kappa shape index (κ1) is 15.9. The van der Waals surface area contributed by atoms with Crippen LogP contribution in [-0.2, 0) is 13.5 Å². The molecule has 0 saturated carbocycles. The molecule has 0 saturated heterocycles. The molecule has 7 heteroatoms. The number of carbonyl (C=O) groups excluding carboxylic acids is 1. The number of hydrogen-bond donors (Lipinski definition) is 1. The first-order valence-corrected chi connectivity index (χ1v) is 7.42. The van der Waals surface area contributed by atoms with Crippen molar-refractivity contribution in [1.29, 1.82) is 0 Å². The molecule has 3 aromatic rings. The van der Waals surface area contributed by atoms with Crippen LogP contribution in [0.25, 0.3) is 11.4 Å². The van der Waals surface area contributed by atoms with E-state index in [1.54, 1.807) is 25.6 Å². The minimum Gasteiger partial charge on any atom is -0.330 e. The van der Waals surface area contributed by atoms with Crippen molar-refractivity contribution in [1.82, 2.24) is 19.7 Å². The van der Waals surface area contributed by atoms with Crippen molar-refractivity contribution in [3.8, 4) is 11.4 Å². The normalized spacial score (nSPS) is 10.8. The lowest BCUT2D eigenvalue weighted by Crippen LogP contribution is -2.06. The molecule has 24 heavy (non-hydrogen) atoms. The van der Waals surface area contributed by atoms with E-state index in [4.69, 9.17) is 5.73 Å². The maximum atomic E-state index is 13.7. The van der Waals surface area contributed by atoms with E-state index in [0.717, 1.165) is 5.56 Å². The van der Waals surface area contributed by atoms with Gasteiger partial charge < -0.3 is 5.73 Å². The van der Waals surface area contributed by atoms with Crippen LogP contribution in [0.4, 0.5) is 4.39 Å². The van der Waals surface area contributed by atoms with Crippen molar-refractivity contribution in [2.24, 2.45) is 12.8 Å². The van der Waals surface area contributed by atoms with Crippen LogP contribution in [0.2, 0.25) is 0 Å². The monoisotopic (exact) mass is 325 g/mol. The summed E-state index contributed by atoms with van der Waals surface area (Å²) in [7, 11) is 1.71. The molecule has 0 aliphatic rings. The minimum atomic E-state index is -0.495. The highest BCUT2D eigenvalue weighted by atomic mass is 19.1. The highest BCUT2D eigenvalue weighted by molar-refractivity contribution is 6.12. The Hall–Kier alpha value is -2.93. The molecule has 6 nitrogen and oxygen atoms in total. The van der Waals surface area contributed by atoms with E-state index in [1.807, 2.05) is 0 Å². The number of aromatic nitrogens is 4. The van der Waals surface area contributed by atoms with Crippen LogP contribution >= 0.6 is 0 Å². The summed E-state index contributed by atoms with van der Waals surface area (Å²) < 4.78 is 15.2. The second-order valence-corrected chi connectivity index (χ2v) is 5.38. The van der Waals surface area contributed by atoms with Crippen molar-refractivity contribution >= 4 is 5.78 Å². The summed E-state index contributed by atoms with van der Waals surface area (Å²) in [5.74, 6) is -0.457. The largest absolute Gasteiger partial charge is 0.330 e. The molecule has 0 atom stereocenters. The SMILES string of the molecule is Cn1cc(C(=O)c2cc(F)ccc2-c2ncc(CCN)cn2)cn1. The Morgan fingerprint density at radius 3 is 2.62 bits per heavy atom. The molecule has 0 amide bonds. The van der Waals surface area contributed by atoms with Crippen LogP contribution < -0.4 is 5.73 Å². The Morgan fingerprint density at radius 1 is 1.25 bits per heavy atom. The maximum absolute atomic E-state index is 13.7. The van der Waals surface area contributed by atoms with E-state index in [0.29, 0.717) is 29.9 Å². The number of carbonyl (C=O) groups is 1. The summed E-state index contributed by atoms with van der Waals surface area (Å²) in [5, 5.41) is 3.98. The molecule has 2 aromatic heterocycles. The van der Waals surface area contributed by atoms with Gasteiger partial charge >= 0.3 is 0 Å². The van der Waals surface area contributed by atoms with Gasteiger partial charge in [-0.25, -0.2) is 14.4 Å². The fourth-order valence-corrected chi connectivity index (χ4v) is 2.38. The van der Waals surface area contributed by atoms with Gasteiger partial charge in [-0.1, -0.05) is 0 Å². The number of benzene rings is 1. The lowest BCUT2D eigenvalue weighted by atomic mass is 9.99. The highest BCUT2D eigenvalue weighted by Gasteiger charge is 2.18. The van der Waals surface area contributed by atoms with E-state index in [-0.39, 0.29) is 11.3 Å². The molecule has 0 unspecified atom stereocenters. The average Bonchev–Trinajstić information content (AvgIpc) is 3.02. The number of rotatable bonds is 5. The highest BCUT2D eigenvalue weighted by Crippen LogP contribution is 2.24. The number of hydrogen-bond acceptors (Lipinski definition) is 5. The molecule has 0 radical (unpaired) electrons. The molecular formula is C17H16FN5O. The molecule has 0 spiro atoms. The molecule has 2 N–H and O–H groups in total. The summed E-state index contributed by atoms with van der Waals surface area (Å²) >= 11 is 0. The quantitative estimate of drug-likeness (QED) is 0.722. The van der Waals surface area contributed by atoms with E-state index in [2.05, 4.69) is 15.1 Å². The second kappa shape index (κ2) is 6.67. The first-order chi connectivity index (χ1) is 11.6. The summed E-state index contributed by atoms with van der Waals surface area (Å²) in [6, 6.07) is 3.99. The van der Waals surface area contributed by atoms with E-state index >= 15 is 0 Å². The zero-order valence-corrected chi connectivity index (χ0v) is 13.1. The van der Waals surface area contributed by atoms with E-state index < -0.39 is 5.82 Å².